The van der Waals surface area contributed by atoms with Crippen LogP contribution in [0.3, 0.4) is 0 Å². The number of hydrogen-bond acceptors (Lipinski definition) is 3. The first-order valence-electron chi connectivity index (χ1n) is 15.4. The van der Waals surface area contributed by atoms with E-state index in [1.54, 1.807) is 0 Å². The molecule has 0 fully saturated rings. The average Bonchev–Trinajstić information content (AvgIpc) is 3.21. The number of aryl methyl sites for hydroxylation is 3. The van der Waals surface area contributed by atoms with Crippen molar-refractivity contribution in [2.45, 2.75) is 58.8 Å². The van der Waals surface area contributed by atoms with Gasteiger partial charge in [0.05, 0.1) is 5.69 Å². The molecule has 0 N–H and O–H groups in total. The summed E-state index contributed by atoms with van der Waals surface area (Å²) in [7, 11) is 0. The highest BCUT2D eigenvalue weighted by atomic mass is 15.2. The second kappa shape index (κ2) is 11.1. The van der Waals surface area contributed by atoms with Gasteiger partial charge in [0.25, 0.3) is 0 Å². The molecule has 7 rings (SSSR count). The van der Waals surface area contributed by atoms with E-state index in [-0.39, 0.29) is 0 Å². The molecular weight excluding hydrogens is 510 g/mol. The van der Waals surface area contributed by atoms with Crippen molar-refractivity contribution < 1.29 is 0 Å². The van der Waals surface area contributed by atoms with Crippen molar-refractivity contribution in [1.29, 1.82) is 0 Å². The van der Waals surface area contributed by atoms with Crippen LogP contribution >= 0.6 is 0 Å². The highest BCUT2D eigenvalue weighted by Gasteiger charge is 2.33. The highest BCUT2D eigenvalue weighted by molar-refractivity contribution is 5.76. The fourth-order valence-corrected chi connectivity index (χ4v) is 7.09. The third-order valence-corrected chi connectivity index (χ3v) is 9.00. The second-order valence-electron chi connectivity index (χ2n) is 12.0. The SMILES string of the molecule is C=C1/C=C\C=C/CC2=C(C=C3C(C=CN3c3cccc4c3C=CCCC4)C2)C2=C(CCC=C2)N1c1cc(C)cc(C)n1. The van der Waals surface area contributed by atoms with Gasteiger partial charge < -0.3 is 4.90 Å². The molecule has 1 aromatic carbocycles. The van der Waals surface area contributed by atoms with Gasteiger partial charge in [0, 0.05) is 46.0 Å². The Balaban J connectivity index is 1.40. The Morgan fingerprint density at radius 3 is 2.74 bits per heavy atom. The molecule has 2 aliphatic heterocycles. The zero-order valence-electron chi connectivity index (χ0n) is 24.8. The summed E-state index contributed by atoms with van der Waals surface area (Å²) >= 11 is 0. The van der Waals surface area contributed by atoms with Crippen LogP contribution in [0.5, 0.6) is 0 Å². The van der Waals surface area contributed by atoms with Gasteiger partial charge in [-0.3, -0.25) is 4.90 Å². The van der Waals surface area contributed by atoms with E-state index >= 15 is 0 Å². The van der Waals surface area contributed by atoms with Crippen LogP contribution < -0.4 is 9.80 Å². The van der Waals surface area contributed by atoms with Crippen molar-refractivity contribution in [3.05, 3.63) is 154 Å². The Kier molecular flexibility index (Phi) is 7.03. The quantitative estimate of drug-likeness (QED) is 0.372. The summed E-state index contributed by atoms with van der Waals surface area (Å²) in [6.07, 6.45) is 32.7. The molecule has 3 aliphatic carbocycles. The first-order chi connectivity index (χ1) is 20.6. The van der Waals surface area contributed by atoms with Crippen LogP contribution in [0.1, 0.15) is 60.9 Å². The normalized spacial score (nSPS) is 23.0. The van der Waals surface area contributed by atoms with Gasteiger partial charge >= 0.3 is 0 Å². The van der Waals surface area contributed by atoms with Crippen LogP contribution in [-0.4, -0.2) is 4.98 Å². The fraction of sp³-hybridized carbons (Fsp3) is 0.256. The average molecular weight is 550 g/mol. The minimum Gasteiger partial charge on any atom is -0.320 e. The molecule has 3 nitrogen and oxygen atoms in total. The van der Waals surface area contributed by atoms with Crippen molar-refractivity contribution in [1.82, 2.24) is 4.98 Å². The molecule has 0 saturated heterocycles. The molecule has 1 unspecified atom stereocenters. The van der Waals surface area contributed by atoms with Crippen molar-refractivity contribution in [3.63, 3.8) is 0 Å². The van der Waals surface area contributed by atoms with E-state index in [4.69, 9.17) is 4.98 Å². The first kappa shape index (κ1) is 26.5. The molecule has 42 heavy (non-hydrogen) atoms. The Morgan fingerprint density at radius 1 is 0.929 bits per heavy atom. The molecule has 0 saturated carbocycles. The van der Waals surface area contributed by atoms with Crippen LogP contribution in [-0.2, 0) is 6.42 Å². The fourth-order valence-electron chi connectivity index (χ4n) is 7.09. The molecule has 0 bridgehead atoms. The molecule has 2 aromatic rings. The molecule has 210 valence electrons. The number of benzene rings is 1. The minimum absolute atomic E-state index is 0.382. The van der Waals surface area contributed by atoms with Gasteiger partial charge in [-0.1, -0.05) is 72.9 Å². The third kappa shape index (κ3) is 4.87. The number of fused-ring (bicyclic) bond motifs is 3. The van der Waals surface area contributed by atoms with Gasteiger partial charge in [-0.25, -0.2) is 4.98 Å². The van der Waals surface area contributed by atoms with Gasteiger partial charge in [0.2, 0.25) is 0 Å². The van der Waals surface area contributed by atoms with E-state index < -0.39 is 0 Å². The van der Waals surface area contributed by atoms with Crippen LogP contribution in [0.25, 0.3) is 6.08 Å². The lowest BCUT2D eigenvalue weighted by molar-refractivity contribution is 0.720. The monoisotopic (exact) mass is 549 g/mol. The predicted octanol–water partition coefficient (Wildman–Crippen LogP) is 9.72. The lowest BCUT2D eigenvalue weighted by Crippen LogP contribution is -2.26. The maximum atomic E-state index is 5.01. The number of hydrogen-bond donors (Lipinski definition) is 0. The number of anilines is 2. The Labute approximate surface area is 250 Å². The van der Waals surface area contributed by atoms with Crippen molar-refractivity contribution in [2.24, 2.45) is 5.92 Å². The molecule has 0 radical (unpaired) electrons. The standard InChI is InChI=1S/C39H39N3/c1-27-23-28(2)40-39(24-27)42-29(3)13-6-4-8-15-31-25-32-21-22-41(36-20-12-16-30-14-7-5-9-17-33(30)36)38(32)26-35(31)34-18-10-11-19-37(34)42/h4,6,8-10,12-13,16-18,20-24,26,32H,3,5,7,11,14-15,19,25H2,1-2H3/b8-4-,13-6-. The van der Waals surface area contributed by atoms with Crippen molar-refractivity contribution in [3.8, 4) is 0 Å². The molecule has 3 heterocycles. The molecule has 3 heteroatoms. The summed E-state index contributed by atoms with van der Waals surface area (Å²) in [5.41, 5.74) is 14.1. The highest BCUT2D eigenvalue weighted by Crippen LogP contribution is 2.46. The van der Waals surface area contributed by atoms with Gasteiger partial charge in [-0.15, -0.1) is 0 Å². The molecule has 1 aromatic heterocycles. The lowest BCUT2D eigenvalue weighted by atomic mass is 9.81. The van der Waals surface area contributed by atoms with Crippen LogP contribution in [0.4, 0.5) is 11.5 Å². The Bertz CT molecular complexity index is 1680. The van der Waals surface area contributed by atoms with Gasteiger partial charge in [-0.2, -0.15) is 0 Å². The molecule has 5 aliphatic rings. The van der Waals surface area contributed by atoms with E-state index in [0.717, 1.165) is 55.7 Å². The van der Waals surface area contributed by atoms with E-state index in [9.17, 15) is 0 Å². The zero-order valence-corrected chi connectivity index (χ0v) is 24.8. The maximum absolute atomic E-state index is 5.01. The minimum atomic E-state index is 0.382. The van der Waals surface area contributed by atoms with Crippen LogP contribution in [0, 0.1) is 19.8 Å². The molecule has 0 spiro atoms. The third-order valence-electron chi connectivity index (χ3n) is 9.00. The molecule has 1 atom stereocenters. The van der Waals surface area contributed by atoms with Crippen molar-refractivity contribution >= 4 is 17.6 Å². The van der Waals surface area contributed by atoms with Crippen molar-refractivity contribution in [2.75, 3.05) is 9.80 Å². The molecular formula is C39H39N3. The molecule has 0 amide bonds. The van der Waals surface area contributed by atoms with Gasteiger partial charge in [-0.05, 0) is 106 Å². The Hall–Kier alpha value is -4.37. The van der Waals surface area contributed by atoms with Gasteiger partial charge in [0.1, 0.15) is 5.82 Å². The largest absolute Gasteiger partial charge is 0.320 e. The van der Waals surface area contributed by atoms with E-state index in [2.05, 4.69) is 128 Å². The smallest absolute Gasteiger partial charge is 0.137 e. The van der Waals surface area contributed by atoms with E-state index in [1.165, 1.54) is 56.9 Å². The van der Waals surface area contributed by atoms with Crippen LogP contribution in [0.15, 0.2) is 132 Å². The number of nitrogens with zero attached hydrogens (tertiary/aromatic N) is 3. The van der Waals surface area contributed by atoms with E-state index in [0.29, 0.717) is 5.92 Å². The number of rotatable bonds is 2. The summed E-state index contributed by atoms with van der Waals surface area (Å²) in [5.74, 6) is 1.33. The summed E-state index contributed by atoms with van der Waals surface area (Å²) in [5, 5.41) is 0. The number of aromatic nitrogens is 1. The summed E-state index contributed by atoms with van der Waals surface area (Å²) in [6, 6.07) is 11.2. The topological polar surface area (TPSA) is 19.4 Å². The lowest BCUT2D eigenvalue weighted by Gasteiger charge is -2.34. The maximum Gasteiger partial charge on any atom is 0.137 e. The number of allylic oxidation sites excluding steroid dienone is 13. The Morgan fingerprint density at radius 2 is 1.83 bits per heavy atom. The first-order valence-corrected chi connectivity index (χ1v) is 15.4. The predicted molar refractivity (Wildman–Crippen MR) is 177 cm³/mol. The second-order valence-corrected chi connectivity index (χ2v) is 12.0. The van der Waals surface area contributed by atoms with E-state index in [1.807, 2.05) is 0 Å². The van der Waals surface area contributed by atoms with Crippen LogP contribution in [0.2, 0.25) is 0 Å². The number of pyridine rings is 1. The summed E-state index contributed by atoms with van der Waals surface area (Å²) in [4.78, 5) is 9.77. The summed E-state index contributed by atoms with van der Waals surface area (Å²) in [6.45, 7) is 8.76. The zero-order chi connectivity index (χ0) is 28.6. The summed E-state index contributed by atoms with van der Waals surface area (Å²) < 4.78 is 0. The van der Waals surface area contributed by atoms with Gasteiger partial charge in [0.15, 0.2) is 0 Å².